The Balaban J connectivity index is 2.21. The van der Waals surface area contributed by atoms with Gasteiger partial charge in [-0.2, -0.15) is 0 Å². The van der Waals surface area contributed by atoms with Crippen molar-refractivity contribution in [2.24, 2.45) is 0 Å². The van der Waals surface area contributed by atoms with E-state index >= 15 is 0 Å². The van der Waals surface area contributed by atoms with Gasteiger partial charge in [0.05, 0.1) is 18.9 Å². The van der Waals surface area contributed by atoms with Gasteiger partial charge in [0.1, 0.15) is 11.9 Å². The quantitative estimate of drug-likeness (QED) is 0.824. The summed E-state index contributed by atoms with van der Waals surface area (Å²) in [7, 11) is 1.33. The molecule has 0 spiro atoms. The number of rotatable bonds is 3. The number of furan rings is 1. The van der Waals surface area contributed by atoms with Gasteiger partial charge in [0.25, 0.3) is 0 Å². The lowest BCUT2D eigenvalue weighted by Gasteiger charge is -2.08. The van der Waals surface area contributed by atoms with Crippen molar-refractivity contribution in [3.63, 3.8) is 0 Å². The highest BCUT2D eigenvalue weighted by molar-refractivity contribution is 5.89. The van der Waals surface area contributed by atoms with Gasteiger partial charge in [-0.1, -0.05) is 12.1 Å². The van der Waals surface area contributed by atoms with Gasteiger partial charge < -0.3 is 14.3 Å². The monoisotopic (exact) mass is 232 g/mol. The summed E-state index contributed by atoms with van der Waals surface area (Å²) < 4.78 is 9.70. The number of benzene rings is 1. The Morgan fingerprint density at radius 1 is 1.29 bits per heavy atom. The zero-order chi connectivity index (χ0) is 12.3. The average Bonchev–Trinajstić information content (AvgIpc) is 2.91. The molecule has 0 aliphatic carbocycles. The number of hydrogen-bond acceptors (Lipinski definition) is 4. The minimum Gasteiger partial charge on any atom is -0.466 e. The van der Waals surface area contributed by atoms with E-state index in [1.807, 2.05) is 0 Å². The number of carbonyl (C=O) groups excluding carboxylic acids is 1. The second-order valence-corrected chi connectivity index (χ2v) is 3.53. The Bertz CT molecular complexity index is 485. The molecule has 4 heteroatoms. The summed E-state index contributed by atoms with van der Waals surface area (Å²) in [5.74, 6) is 0.0693. The molecule has 0 aliphatic heterocycles. The highest BCUT2D eigenvalue weighted by Crippen LogP contribution is 2.22. The van der Waals surface area contributed by atoms with Crippen LogP contribution in [-0.2, 0) is 4.74 Å². The van der Waals surface area contributed by atoms with Crippen LogP contribution in [0.5, 0.6) is 0 Å². The predicted molar refractivity (Wildman–Crippen MR) is 60.6 cm³/mol. The second kappa shape index (κ2) is 4.84. The molecule has 0 aliphatic rings. The molecule has 0 saturated heterocycles. The number of methoxy groups -OCH3 is 1. The van der Waals surface area contributed by atoms with Crippen molar-refractivity contribution in [3.8, 4) is 0 Å². The first-order valence-electron chi connectivity index (χ1n) is 5.12. The molecule has 1 unspecified atom stereocenters. The highest BCUT2D eigenvalue weighted by atomic mass is 16.5. The van der Waals surface area contributed by atoms with Crippen LogP contribution in [0, 0.1) is 0 Å². The van der Waals surface area contributed by atoms with Crippen LogP contribution in [0.3, 0.4) is 0 Å². The molecule has 1 aromatic carbocycles. The summed E-state index contributed by atoms with van der Waals surface area (Å²) in [5, 5.41) is 9.96. The van der Waals surface area contributed by atoms with Crippen molar-refractivity contribution in [2.75, 3.05) is 7.11 Å². The van der Waals surface area contributed by atoms with Gasteiger partial charge in [0.15, 0.2) is 0 Å². The maximum Gasteiger partial charge on any atom is 0.337 e. The number of hydrogen-bond donors (Lipinski definition) is 1. The van der Waals surface area contributed by atoms with Crippen LogP contribution < -0.4 is 0 Å². The summed E-state index contributed by atoms with van der Waals surface area (Å²) in [4.78, 5) is 11.2. The molecule has 4 nitrogen and oxygen atoms in total. The summed E-state index contributed by atoms with van der Waals surface area (Å²) >= 11 is 0. The first kappa shape index (κ1) is 11.4. The zero-order valence-electron chi connectivity index (χ0n) is 9.29. The van der Waals surface area contributed by atoms with Crippen LogP contribution in [0.2, 0.25) is 0 Å². The number of esters is 1. The van der Waals surface area contributed by atoms with E-state index in [2.05, 4.69) is 4.74 Å². The number of ether oxygens (including phenoxy) is 1. The maximum absolute atomic E-state index is 11.2. The molecule has 1 atom stereocenters. The van der Waals surface area contributed by atoms with Gasteiger partial charge in [0, 0.05) is 0 Å². The number of aliphatic hydroxyl groups is 1. The molecule has 0 fully saturated rings. The molecular formula is C13H12O4. The van der Waals surface area contributed by atoms with E-state index in [1.54, 1.807) is 36.4 Å². The van der Waals surface area contributed by atoms with E-state index in [0.717, 1.165) is 0 Å². The van der Waals surface area contributed by atoms with Crippen molar-refractivity contribution >= 4 is 5.97 Å². The molecule has 2 aromatic rings. The van der Waals surface area contributed by atoms with Crippen LogP contribution in [0.4, 0.5) is 0 Å². The van der Waals surface area contributed by atoms with Crippen molar-refractivity contribution in [1.29, 1.82) is 0 Å². The molecule has 1 aromatic heterocycles. The first-order valence-corrected chi connectivity index (χ1v) is 5.12. The maximum atomic E-state index is 11.2. The fourth-order valence-corrected chi connectivity index (χ4v) is 1.53. The molecule has 0 bridgehead atoms. The normalized spacial score (nSPS) is 12.1. The van der Waals surface area contributed by atoms with Crippen molar-refractivity contribution in [1.82, 2.24) is 0 Å². The van der Waals surface area contributed by atoms with E-state index in [-0.39, 0.29) is 0 Å². The van der Waals surface area contributed by atoms with Gasteiger partial charge in [-0.25, -0.2) is 4.79 Å². The van der Waals surface area contributed by atoms with Crippen molar-refractivity contribution in [3.05, 3.63) is 59.5 Å². The molecule has 2 rings (SSSR count). The van der Waals surface area contributed by atoms with Gasteiger partial charge in [-0.3, -0.25) is 0 Å². The van der Waals surface area contributed by atoms with Crippen LogP contribution in [-0.4, -0.2) is 18.2 Å². The molecular weight excluding hydrogens is 220 g/mol. The predicted octanol–water partition coefficient (Wildman–Crippen LogP) is 2.15. The molecule has 0 amide bonds. The van der Waals surface area contributed by atoms with Gasteiger partial charge in [-0.15, -0.1) is 0 Å². The Hall–Kier alpha value is -2.07. The average molecular weight is 232 g/mol. The summed E-state index contributed by atoms with van der Waals surface area (Å²) in [6.07, 6.45) is 0.679. The Kier molecular flexibility index (Phi) is 3.25. The van der Waals surface area contributed by atoms with Crippen molar-refractivity contribution in [2.45, 2.75) is 6.10 Å². The third-order valence-electron chi connectivity index (χ3n) is 2.46. The lowest BCUT2D eigenvalue weighted by Crippen LogP contribution is -2.02. The summed E-state index contributed by atoms with van der Waals surface area (Å²) in [6.45, 7) is 0. The zero-order valence-corrected chi connectivity index (χ0v) is 9.29. The van der Waals surface area contributed by atoms with E-state index in [1.165, 1.54) is 13.4 Å². The highest BCUT2D eigenvalue weighted by Gasteiger charge is 2.13. The third-order valence-corrected chi connectivity index (χ3v) is 2.46. The van der Waals surface area contributed by atoms with E-state index in [0.29, 0.717) is 16.9 Å². The molecule has 88 valence electrons. The Morgan fingerprint density at radius 3 is 2.53 bits per heavy atom. The minimum atomic E-state index is -0.823. The third kappa shape index (κ3) is 2.37. The summed E-state index contributed by atoms with van der Waals surface area (Å²) in [6, 6.07) is 9.94. The van der Waals surface area contributed by atoms with E-state index in [4.69, 9.17) is 4.42 Å². The fourth-order valence-electron chi connectivity index (χ4n) is 1.53. The van der Waals surface area contributed by atoms with Gasteiger partial charge in [-0.05, 0) is 29.8 Å². The fraction of sp³-hybridized carbons (Fsp3) is 0.154. The Labute approximate surface area is 98.4 Å². The number of aliphatic hydroxyl groups excluding tert-OH is 1. The SMILES string of the molecule is COC(=O)c1ccc(C(O)c2ccco2)cc1. The minimum absolute atomic E-state index is 0.399. The van der Waals surface area contributed by atoms with E-state index < -0.39 is 12.1 Å². The first-order chi connectivity index (χ1) is 8.22. The molecule has 0 radical (unpaired) electrons. The van der Waals surface area contributed by atoms with Crippen LogP contribution >= 0.6 is 0 Å². The van der Waals surface area contributed by atoms with Crippen LogP contribution in [0.15, 0.2) is 47.1 Å². The molecule has 1 N–H and O–H groups in total. The number of carbonyl (C=O) groups is 1. The smallest absolute Gasteiger partial charge is 0.337 e. The topological polar surface area (TPSA) is 59.7 Å². The second-order valence-electron chi connectivity index (χ2n) is 3.53. The standard InChI is InChI=1S/C13H12O4/c1-16-13(15)10-6-4-9(5-7-10)12(14)11-3-2-8-17-11/h2-8,12,14H,1H3. The largest absolute Gasteiger partial charge is 0.466 e. The molecule has 17 heavy (non-hydrogen) atoms. The van der Waals surface area contributed by atoms with Gasteiger partial charge in [0.2, 0.25) is 0 Å². The van der Waals surface area contributed by atoms with Gasteiger partial charge >= 0.3 is 5.97 Å². The van der Waals surface area contributed by atoms with Crippen LogP contribution in [0.1, 0.15) is 27.8 Å². The molecule has 0 saturated carbocycles. The van der Waals surface area contributed by atoms with Crippen molar-refractivity contribution < 1.29 is 19.1 Å². The lowest BCUT2D eigenvalue weighted by atomic mass is 10.1. The summed E-state index contributed by atoms with van der Waals surface area (Å²) in [5.41, 5.74) is 1.11. The van der Waals surface area contributed by atoms with Crippen LogP contribution in [0.25, 0.3) is 0 Å². The van der Waals surface area contributed by atoms with E-state index in [9.17, 15) is 9.90 Å². The lowest BCUT2D eigenvalue weighted by molar-refractivity contribution is 0.0600. The Morgan fingerprint density at radius 2 is 2.00 bits per heavy atom. The molecule has 1 heterocycles.